The zero-order valence-electron chi connectivity index (χ0n) is 6.05. The third kappa shape index (κ3) is 4120. The smallest absolute Gasteiger partial charge is 0.550 e. The summed E-state index contributed by atoms with van der Waals surface area (Å²) in [6.07, 6.45) is 0. The van der Waals surface area contributed by atoms with E-state index in [1.807, 2.05) is 0 Å². The Balaban J connectivity index is -0.0000000300. The van der Waals surface area contributed by atoms with Gasteiger partial charge in [0.1, 0.15) is 0 Å². The number of carboxylic acid groups (broad SMARTS) is 2. The van der Waals surface area contributed by atoms with Crippen LogP contribution in [0.5, 0.6) is 0 Å². The second-order valence-electron chi connectivity index (χ2n) is 0.983. The predicted molar refractivity (Wildman–Crippen MR) is 27.1 cm³/mol. The molecule has 0 radical (unpaired) electrons. The van der Waals surface area contributed by atoms with Crippen molar-refractivity contribution in [3.63, 3.8) is 0 Å². The van der Waals surface area contributed by atoms with Gasteiger partial charge in [0.15, 0.2) is 0 Å². The molecule has 0 unspecified atom stereocenters. The van der Waals surface area contributed by atoms with Gasteiger partial charge in [-0.3, -0.25) is 0 Å². The van der Waals surface area contributed by atoms with Crippen molar-refractivity contribution in [2.45, 2.75) is 13.8 Å². The Hall–Kier alpha value is 0.330. The fourth-order valence-corrected chi connectivity index (χ4v) is 0. The third-order valence-corrected chi connectivity index (χ3v) is 0. The molecular formula is C4H6MgO4Zn+2. The van der Waals surface area contributed by atoms with E-state index in [9.17, 15) is 0 Å². The first-order valence-electron chi connectivity index (χ1n) is 1.82. The molecule has 0 N–H and O–H groups in total. The normalized spacial score (nSPS) is 5.00. The van der Waals surface area contributed by atoms with Crippen molar-refractivity contribution in [1.29, 1.82) is 0 Å². The molecule has 6 heteroatoms. The predicted octanol–water partition coefficient (Wildman–Crippen LogP) is -2.87. The molecule has 0 aliphatic heterocycles. The molecule has 0 aromatic heterocycles. The van der Waals surface area contributed by atoms with Gasteiger partial charge in [0, 0.05) is 11.9 Å². The third-order valence-electron chi connectivity index (χ3n) is 0. The largest absolute Gasteiger partial charge is 2.00 e. The molecule has 4 nitrogen and oxygen atoms in total. The minimum atomic E-state index is -1.08. The molecule has 0 heterocycles. The Morgan fingerprint density at radius 1 is 1.00 bits per heavy atom. The molecule has 0 bridgehead atoms. The van der Waals surface area contributed by atoms with Gasteiger partial charge in [-0.2, -0.15) is 0 Å². The maximum atomic E-state index is 8.89. The van der Waals surface area contributed by atoms with E-state index in [4.69, 9.17) is 19.8 Å². The topological polar surface area (TPSA) is 80.3 Å². The average molecular weight is 208 g/mol. The average Bonchev–Trinajstić information content (AvgIpc) is 1.25. The molecule has 0 aliphatic carbocycles. The quantitative estimate of drug-likeness (QED) is 0.400. The van der Waals surface area contributed by atoms with Gasteiger partial charge in [0.25, 0.3) is 0 Å². The molecule has 0 fully saturated rings. The molecule has 48 valence electrons. The summed E-state index contributed by atoms with van der Waals surface area (Å²) >= 11 is 0. The Morgan fingerprint density at radius 3 is 1.00 bits per heavy atom. The standard InChI is InChI=1S/2C2H4O2.Mg.Zn/c2*1-2(3)4;;/h2*1H3,(H,3,4);;/q;;2*+2/p-2. The van der Waals surface area contributed by atoms with Crippen LogP contribution >= 0.6 is 0 Å². The molecular weight excluding hydrogens is 202 g/mol. The van der Waals surface area contributed by atoms with Crippen LogP contribution in [0.3, 0.4) is 0 Å². The Labute approximate surface area is 87.9 Å². The van der Waals surface area contributed by atoms with Gasteiger partial charge in [-0.05, 0) is 13.8 Å². The van der Waals surface area contributed by atoms with E-state index in [1.165, 1.54) is 0 Å². The van der Waals surface area contributed by atoms with Gasteiger partial charge in [-0.1, -0.05) is 0 Å². The molecule has 0 aromatic rings. The van der Waals surface area contributed by atoms with Crippen LogP contribution in [0.2, 0.25) is 0 Å². The number of hydrogen-bond acceptors (Lipinski definition) is 4. The zero-order valence-corrected chi connectivity index (χ0v) is 10.4. The van der Waals surface area contributed by atoms with Crippen molar-refractivity contribution in [2.75, 3.05) is 0 Å². The van der Waals surface area contributed by atoms with E-state index in [0.717, 1.165) is 13.8 Å². The first-order valence-corrected chi connectivity index (χ1v) is 1.82. The van der Waals surface area contributed by atoms with Gasteiger partial charge in [-0.15, -0.1) is 0 Å². The molecule has 0 rings (SSSR count). The van der Waals surface area contributed by atoms with Gasteiger partial charge in [0.05, 0.1) is 0 Å². The fourth-order valence-electron chi connectivity index (χ4n) is 0. The Kier molecular flexibility index (Phi) is 36.3. The minimum absolute atomic E-state index is 0. The maximum absolute atomic E-state index is 8.89. The summed E-state index contributed by atoms with van der Waals surface area (Å²) in [5.74, 6) is -2.17. The van der Waals surface area contributed by atoms with Crippen LogP contribution in [0.1, 0.15) is 13.8 Å². The first-order chi connectivity index (χ1) is 3.46. The number of carbonyl (C=O) groups is 2. The number of hydrogen-bond donors (Lipinski definition) is 0. The monoisotopic (exact) mass is 206 g/mol. The Morgan fingerprint density at radius 2 is 1.00 bits per heavy atom. The number of carbonyl (C=O) groups excluding carboxylic acids is 2. The van der Waals surface area contributed by atoms with E-state index in [2.05, 4.69) is 0 Å². The van der Waals surface area contributed by atoms with Gasteiger partial charge >= 0.3 is 42.5 Å². The van der Waals surface area contributed by atoms with E-state index in [0.29, 0.717) is 0 Å². The van der Waals surface area contributed by atoms with Crippen molar-refractivity contribution in [3.8, 4) is 0 Å². The van der Waals surface area contributed by atoms with Crippen molar-refractivity contribution in [1.82, 2.24) is 0 Å². The summed E-state index contributed by atoms with van der Waals surface area (Å²) in [7, 11) is 0. The molecule has 0 aromatic carbocycles. The number of aliphatic carboxylic acids is 2. The van der Waals surface area contributed by atoms with Crippen LogP contribution < -0.4 is 10.2 Å². The van der Waals surface area contributed by atoms with Gasteiger partial charge in [0.2, 0.25) is 0 Å². The summed E-state index contributed by atoms with van der Waals surface area (Å²) in [5.41, 5.74) is 0. The van der Waals surface area contributed by atoms with Crippen LogP contribution in [0.4, 0.5) is 0 Å². The maximum Gasteiger partial charge on any atom is 2.00 e. The van der Waals surface area contributed by atoms with E-state index >= 15 is 0 Å². The van der Waals surface area contributed by atoms with Crippen LogP contribution in [-0.2, 0) is 29.1 Å². The summed E-state index contributed by atoms with van der Waals surface area (Å²) in [5, 5.41) is 17.8. The van der Waals surface area contributed by atoms with Crippen LogP contribution in [0.15, 0.2) is 0 Å². The van der Waals surface area contributed by atoms with Crippen LogP contribution in [-0.4, -0.2) is 35.0 Å². The number of carboxylic acids is 2. The summed E-state index contributed by atoms with van der Waals surface area (Å²) in [6.45, 7) is 1.94. The summed E-state index contributed by atoms with van der Waals surface area (Å²) in [6, 6.07) is 0. The molecule has 0 spiro atoms. The Bertz CT molecular complexity index is 75.3. The summed E-state index contributed by atoms with van der Waals surface area (Å²) in [4.78, 5) is 17.8. The second kappa shape index (κ2) is 16.2. The van der Waals surface area contributed by atoms with E-state index < -0.39 is 11.9 Å². The molecule has 0 atom stereocenters. The van der Waals surface area contributed by atoms with Crippen molar-refractivity contribution >= 4 is 35.0 Å². The van der Waals surface area contributed by atoms with Crippen molar-refractivity contribution in [3.05, 3.63) is 0 Å². The van der Waals surface area contributed by atoms with Gasteiger partial charge in [-0.25, -0.2) is 0 Å². The molecule has 10 heavy (non-hydrogen) atoms. The molecule has 0 saturated carbocycles. The molecule has 0 aliphatic rings. The first kappa shape index (κ1) is 22.4. The zero-order chi connectivity index (χ0) is 7.15. The van der Waals surface area contributed by atoms with Crippen molar-refractivity contribution in [2.24, 2.45) is 0 Å². The second-order valence-corrected chi connectivity index (χ2v) is 0.983. The van der Waals surface area contributed by atoms with E-state index in [-0.39, 0.29) is 42.5 Å². The van der Waals surface area contributed by atoms with Crippen molar-refractivity contribution < 1.29 is 39.3 Å². The van der Waals surface area contributed by atoms with Crippen LogP contribution in [0, 0.1) is 0 Å². The van der Waals surface area contributed by atoms with Crippen LogP contribution in [0.25, 0.3) is 0 Å². The summed E-state index contributed by atoms with van der Waals surface area (Å²) < 4.78 is 0. The SMILES string of the molecule is CC(=O)[O-].CC(=O)[O-].[Mg+2].[Zn+2]. The minimum Gasteiger partial charge on any atom is -0.550 e. The van der Waals surface area contributed by atoms with E-state index in [1.54, 1.807) is 0 Å². The number of rotatable bonds is 0. The van der Waals surface area contributed by atoms with Gasteiger partial charge < -0.3 is 19.8 Å². The molecule has 0 saturated heterocycles. The fraction of sp³-hybridized carbons (Fsp3) is 0.500. The molecule has 0 amide bonds.